The van der Waals surface area contributed by atoms with Gasteiger partial charge in [-0.1, -0.05) is 25.1 Å². The predicted octanol–water partition coefficient (Wildman–Crippen LogP) is 1.95. The van der Waals surface area contributed by atoms with E-state index in [-0.39, 0.29) is 24.2 Å². The molecule has 1 aromatic rings. The van der Waals surface area contributed by atoms with Crippen LogP contribution in [0, 0.1) is 5.92 Å². The number of anilines is 1. The molecule has 0 radical (unpaired) electrons. The lowest BCUT2D eigenvalue weighted by molar-refractivity contribution is -0.147. The highest BCUT2D eigenvalue weighted by Gasteiger charge is 2.33. The number of carboxylic acid groups (broad SMARTS) is 1. The molecule has 1 heterocycles. The van der Waals surface area contributed by atoms with Crippen LogP contribution in [0.1, 0.15) is 38.7 Å². The maximum absolute atomic E-state index is 12.1. The molecule has 1 aliphatic rings. The van der Waals surface area contributed by atoms with E-state index in [0.29, 0.717) is 19.3 Å². The second-order valence-electron chi connectivity index (χ2n) is 6.13. The van der Waals surface area contributed by atoms with E-state index in [1.807, 2.05) is 24.3 Å². The zero-order valence-electron chi connectivity index (χ0n) is 13.4. The summed E-state index contributed by atoms with van der Waals surface area (Å²) in [4.78, 5) is 35.3. The first kappa shape index (κ1) is 17.0. The smallest absolute Gasteiger partial charge is 0.329 e. The largest absolute Gasteiger partial charge is 0.480 e. The minimum Gasteiger partial charge on any atom is -0.480 e. The first-order chi connectivity index (χ1) is 10.9. The summed E-state index contributed by atoms with van der Waals surface area (Å²) in [6, 6.07) is 7.60. The summed E-state index contributed by atoms with van der Waals surface area (Å²) in [5, 5.41) is 14.6. The summed E-state index contributed by atoms with van der Waals surface area (Å²) in [5.41, 5.74) is 0.613. The van der Waals surface area contributed by atoms with Crippen LogP contribution in [0.15, 0.2) is 24.3 Å². The van der Waals surface area contributed by atoms with Crippen molar-refractivity contribution in [1.82, 2.24) is 5.32 Å². The molecule has 6 nitrogen and oxygen atoms in total. The third-order valence-electron chi connectivity index (χ3n) is 4.43. The Morgan fingerprint density at radius 1 is 1.39 bits per heavy atom. The van der Waals surface area contributed by atoms with Crippen LogP contribution in [0.5, 0.6) is 0 Å². The predicted molar refractivity (Wildman–Crippen MR) is 86.0 cm³/mol. The Hall–Kier alpha value is -2.37. The van der Waals surface area contributed by atoms with Crippen LogP contribution in [0.3, 0.4) is 0 Å². The van der Waals surface area contributed by atoms with Gasteiger partial charge in [-0.2, -0.15) is 0 Å². The summed E-state index contributed by atoms with van der Waals surface area (Å²) in [6.07, 6.45) is 1.42. The minimum absolute atomic E-state index is 0.0898. The molecule has 2 rings (SSSR count). The Kier molecular flexibility index (Phi) is 5.03. The van der Waals surface area contributed by atoms with Crippen molar-refractivity contribution in [1.29, 1.82) is 0 Å². The van der Waals surface area contributed by atoms with E-state index in [1.165, 1.54) is 6.92 Å². The zero-order chi connectivity index (χ0) is 17.0. The van der Waals surface area contributed by atoms with E-state index >= 15 is 0 Å². The lowest BCUT2D eigenvalue weighted by Crippen LogP contribution is -2.51. The molecular formula is C17H22N2O4. The van der Waals surface area contributed by atoms with Gasteiger partial charge in [-0.15, -0.1) is 0 Å². The van der Waals surface area contributed by atoms with E-state index in [9.17, 15) is 19.5 Å². The third kappa shape index (κ3) is 3.88. The molecule has 124 valence electrons. The average Bonchev–Trinajstić information content (AvgIpc) is 2.52. The molecule has 0 saturated carbocycles. The van der Waals surface area contributed by atoms with Crippen molar-refractivity contribution in [3.8, 4) is 0 Å². The first-order valence-corrected chi connectivity index (χ1v) is 7.79. The minimum atomic E-state index is -1.27. The molecule has 0 fully saturated rings. The van der Waals surface area contributed by atoms with Gasteiger partial charge in [0.2, 0.25) is 11.8 Å². The summed E-state index contributed by atoms with van der Waals surface area (Å²) in [5.74, 6) is -1.76. The van der Waals surface area contributed by atoms with Crippen molar-refractivity contribution in [2.45, 2.75) is 45.1 Å². The molecule has 6 heteroatoms. The number of rotatable bonds is 6. The Morgan fingerprint density at radius 3 is 2.74 bits per heavy atom. The van der Waals surface area contributed by atoms with Crippen molar-refractivity contribution in [2.24, 2.45) is 5.92 Å². The fourth-order valence-electron chi connectivity index (χ4n) is 2.61. The molecule has 0 bridgehead atoms. The molecular weight excluding hydrogens is 296 g/mol. The van der Waals surface area contributed by atoms with Gasteiger partial charge in [0.15, 0.2) is 0 Å². The zero-order valence-corrected chi connectivity index (χ0v) is 13.4. The molecule has 2 amide bonds. The average molecular weight is 318 g/mol. The molecule has 0 saturated heterocycles. The van der Waals surface area contributed by atoms with Gasteiger partial charge < -0.3 is 15.7 Å². The van der Waals surface area contributed by atoms with Gasteiger partial charge in [0, 0.05) is 18.0 Å². The van der Waals surface area contributed by atoms with Gasteiger partial charge in [-0.25, -0.2) is 4.79 Å². The number of aliphatic carboxylic acids is 1. The first-order valence-electron chi connectivity index (χ1n) is 7.79. The normalized spacial score (nSPS) is 19.2. The summed E-state index contributed by atoms with van der Waals surface area (Å²) in [6.45, 7) is 3.19. The van der Waals surface area contributed by atoms with Crippen LogP contribution in [-0.2, 0) is 20.8 Å². The summed E-state index contributed by atoms with van der Waals surface area (Å²) < 4.78 is 0. The molecule has 23 heavy (non-hydrogen) atoms. The van der Waals surface area contributed by atoms with E-state index in [2.05, 4.69) is 10.6 Å². The second-order valence-corrected chi connectivity index (χ2v) is 6.13. The van der Waals surface area contributed by atoms with Gasteiger partial charge in [0.05, 0.1) is 0 Å². The van der Waals surface area contributed by atoms with Crippen LogP contribution in [-0.4, -0.2) is 28.4 Å². The molecule has 2 atom stereocenters. The monoisotopic (exact) mass is 318 g/mol. The van der Waals surface area contributed by atoms with Crippen molar-refractivity contribution in [3.63, 3.8) is 0 Å². The number of carboxylic acids is 1. The maximum atomic E-state index is 12.1. The highest BCUT2D eigenvalue weighted by molar-refractivity contribution is 5.96. The van der Waals surface area contributed by atoms with Crippen LogP contribution >= 0.6 is 0 Å². The Balaban J connectivity index is 1.92. The lowest BCUT2D eigenvalue weighted by atomic mass is 9.89. The van der Waals surface area contributed by atoms with Crippen molar-refractivity contribution < 1.29 is 19.5 Å². The Morgan fingerprint density at radius 2 is 2.09 bits per heavy atom. The molecule has 0 spiro atoms. The number of hydrogen-bond acceptors (Lipinski definition) is 3. The quantitative estimate of drug-likeness (QED) is 0.747. The number of amides is 2. The van der Waals surface area contributed by atoms with Crippen molar-refractivity contribution in [2.75, 3.05) is 5.32 Å². The second kappa shape index (κ2) is 6.81. The van der Waals surface area contributed by atoms with Crippen molar-refractivity contribution in [3.05, 3.63) is 29.8 Å². The number of benzene rings is 1. The summed E-state index contributed by atoms with van der Waals surface area (Å²) in [7, 11) is 0. The SMILES string of the molecule is CCC(C)(NC(=O)CCC1Cc2ccccc2NC1=O)C(=O)O. The molecule has 3 N–H and O–H groups in total. The van der Waals surface area contributed by atoms with E-state index in [4.69, 9.17) is 0 Å². The van der Waals surface area contributed by atoms with Crippen LogP contribution in [0.25, 0.3) is 0 Å². The van der Waals surface area contributed by atoms with Crippen LogP contribution in [0.2, 0.25) is 0 Å². The molecule has 1 aliphatic heterocycles. The van der Waals surface area contributed by atoms with Gasteiger partial charge in [-0.3, -0.25) is 9.59 Å². The molecule has 0 aromatic heterocycles. The topological polar surface area (TPSA) is 95.5 Å². The van der Waals surface area contributed by atoms with E-state index in [0.717, 1.165) is 11.3 Å². The molecule has 0 aliphatic carbocycles. The van der Waals surface area contributed by atoms with E-state index < -0.39 is 11.5 Å². The number of para-hydroxylation sites is 1. The number of fused-ring (bicyclic) bond motifs is 1. The number of carbonyl (C=O) groups is 3. The van der Waals surface area contributed by atoms with Crippen LogP contribution < -0.4 is 10.6 Å². The highest BCUT2D eigenvalue weighted by atomic mass is 16.4. The van der Waals surface area contributed by atoms with Crippen molar-refractivity contribution >= 4 is 23.5 Å². The number of carbonyl (C=O) groups excluding carboxylic acids is 2. The fraction of sp³-hybridized carbons (Fsp3) is 0.471. The lowest BCUT2D eigenvalue weighted by Gasteiger charge is -2.26. The third-order valence-corrected chi connectivity index (χ3v) is 4.43. The fourth-order valence-corrected chi connectivity index (χ4v) is 2.61. The Labute approximate surface area is 135 Å². The standard InChI is InChI=1S/C17H22N2O4/c1-3-17(2,16(22)23)19-14(20)9-8-12-10-11-6-4-5-7-13(11)18-15(12)21/h4-7,12H,3,8-10H2,1-2H3,(H,18,21)(H,19,20)(H,22,23). The van der Waals surface area contributed by atoms with Gasteiger partial charge in [-0.05, 0) is 37.8 Å². The summed E-state index contributed by atoms with van der Waals surface area (Å²) >= 11 is 0. The van der Waals surface area contributed by atoms with Gasteiger partial charge in [0.1, 0.15) is 5.54 Å². The van der Waals surface area contributed by atoms with E-state index in [1.54, 1.807) is 6.92 Å². The Bertz CT molecular complexity index is 629. The molecule has 1 aromatic carbocycles. The molecule has 2 unspecified atom stereocenters. The maximum Gasteiger partial charge on any atom is 0.329 e. The highest BCUT2D eigenvalue weighted by Crippen LogP contribution is 2.27. The number of nitrogens with one attached hydrogen (secondary N) is 2. The number of hydrogen-bond donors (Lipinski definition) is 3. The van der Waals surface area contributed by atoms with Crippen LogP contribution in [0.4, 0.5) is 5.69 Å². The van der Waals surface area contributed by atoms with Gasteiger partial charge >= 0.3 is 5.97 Å². The van der Waals surface area contributed by atoms with Gasteiger partial charge in [0.25, 0.3) is 0 Å².